The van der Waals surface area contributed by atoms with Gasteiger partial charge in [-0.05, 0) is 56.6 Å². The van der Waals surface area contributed by atoms with Crippen LogP contribution in [0.3, 0.4) is 0 Å². The first-order valence-electron chi connectivity index (χ1n) is 13.1. The molecule has 0 saturated carbocycles. The van der Waals surface area contributed by atoms with Crippen LogP contribution >= 0.6 is 24.0 Å². The first-order chi connectivity index (χ1) is 17.7. The van der Waals surface area contributed by atoms with Crippen molar-refractivity contribution in [1.82, 2.24) is 9.47 Å². The lowest BCUT2D eigenvalue weighted by Crippen LogP contribution is -2.39. The summed E-state index contributed by atoms with van der Waals surface area (Å²) in [5.74, 6) is 0.401. The minimum Gasteiger partial charge on any atom is -0.481 e. The molecule has 2 aliphatic heterocycles. The number of carbonyl (C=O) groups is 2. The molecule has 0 bridgehead atoms. The molecule has 200 valence electrons. The molecule has 0 aromatic carbocycles. The Balaban J connectivity index is 2.00. The maximum absolute atomic E-state index is 13.4. The molecule has 2 fully saturated rings. The molecule has 1 aromatic heterocycles. The van der Waals surface area contributed by atoms with E-state index in [9.17, 15) is 19.6 Å². The number of aromatic nitrogens is 1. The van der Waals surface area contributed by atoms with Gasteiger partial charge < -0.3 is 10.0 Å². The SMILES string of the molecule is CCCCn1c(N2CCC(C)CC2)c(/C=C2\SC(=S)N(CCCCCC(=O)O)C2=O)c(C)c(C#N)c1=O. The quantitative estimate of drug-likeness (QED) is 0.238. The fourth-order valence-electron chi connectivity index (χ4n) is 4.78. The van der Waals surface area contributed by atoms with Crippen LogP contribution in [0.1, 0.15) is 81.9 Å². The fraction of sp³-hybridized carbons (Fsp3) is 0.593. The normalized spacial score (nSPS) is 17.6. The summed E-state index contributed by atoms with van der Waals surface area (Å²) in [5.41, 5.74) is 1.18. The lowest BCUT2D eigenvalue weighted by Gasteiger charge is -2.35. The number of anilines is 1. The van der Waals surface area contributed by atoms with E-state index in [0.29, 0.717) is 53.1 Å². The van der Waals surface area contributed by atoms with Crippen molar-refractivity contribution in [2.24, 2.45) is 5.92 Å². The van der Waals surface area contributed by atoms with Crippen molar-refractivity contribution in [1.29, 1.82) is 5.26 Å². The Morgan fingerprint density at radius 2 is 1.89 bits per heavy atom. The molecule has 1 aromatic rings. The second-order valence-corrected chi connectivity index (χ2v) is 11.5. The Hall–Kier alpha value is -2.64. The topological polar surface area (TPSA) is 107 Å². The van der Waals surface area contributed by atoms with Crippen molar-refractivity contribution in [3.63, 3.8) is 0 Å². The van der Waals surface area contributed by atoms with Gasteiger partial charge in [0, 0.05) is 38.2 Å². The van der Waals surface area contributed by atoms with E-state index < -0.39 is 5.97 Å². The Bertz CT molecular complexity index is 1180. The zero-order valence-electron chi connectivity index (χ0n) is 21.9. The number of hydrogen-bond acceptors (Lipinski definition) is 7. The zero-order valence-corrected chi connectivity index (χ0v) is 23.6. The van der Waals surface area contributed by atoms with Crippen LogP contribution in [0.2, 0.25) is 0 Å². The van der Waals surface area contributed by atoms with Crippen LogP contribution in [0.25, 0.3) is 6.08 Å². The summed E-state index contributed by atoms with van der Waals surface area (Å²) in [6, 6.07) is 2.11. The summed E-state index contributed by atoms with van der Waals surface area (Å²) >= 11 is 6.74. The maximum Gasteiger partial charge on any atom is 0.303 e. The van der Waals surface area contributed by atoms with E-state index in [-0.39, 0.29) is 23.5 Å². The van der Waals surface area contributed by atoms with Gasteiger partial charge in [-0.3, -0.25) is 23.9 Å². The van der Waals surface area contributed by atoms with Gasteiger partial charge in [-0.25, -0.2) is 0 Å². The number of nitrogens with zero attached hydrogens (tertiary/aromatic N) is 4. The van der Waals surface area contributed by atoms with Gasteiger partial charge in [0.15, 0.2) is 0 Å². The highest BCUT2D eigenvalue weighted by molar-refractivity contribution is 8.26. The predicted octanol–water partition coefficient (Wildman–Crippen LogP) is 4.91. The van der Waals surface area contributed by atoms with Crippen LogP contribution in [-0.4, -0.2) is 50.4 Å². The molecule has 0 atom stereocenters. The number of carboxylic acid groups (broad SMARTS) is 1. The second kappa shape index (κ2) is 13.2. The number of aliphatic carboxylic acids is 1. The first kappa shape index (κ1) is 28.9. The first-order valence-corrected chi connectivity index (χ1v) is 14.3. The number of pyridine rings is 1. The van der Waals surface area contributed by atoms with E-state index >= 15 is 0 Å². The van der Waals surface area contributed by atoms with E-state index in [1.807, 2.05) is 6.08 Å². The van der Waals surface area contributed by atoms with Crippen LogP contribution in [0, 0.1) is 24.2 Å². The second-order valence-electron chi connectivity index (χ2n) is 9.87. The van der Waals surface area contributed by atoms with Crippen LogP contribution in [0.4, 0.5) is 5.82 Å². The van der Waals surface area contributed by atoms with Gasteiger partial charge in [0.1, 0.15) is 21.8 Å². The van der Waals surface area contributed by atoms with Crippen molar-refractivity contribution < 1.29 is 14.7 Å². The number of amides is 1. The van der Waals surface area contributed by atoms with E-state index in [2.05, 4.69) is 24.8 Å². The number of thioether (sulfide) groups is 1. The molecule has 1 N–H and O–H groups in total. The molecule has 0 unspecified atom stereocenters. The Morgan fingerprint density at radius 3 is 2.51 bits per heavy atom. The van der Waals surface area contributed by atoms with Crippen molar-refractivity contribution in [3.8, 4) is 6.07 Å². The molecule has 37 heavy (non-hydrogen) atoms. The third-order valence-corrected chi connectivity index (χ3v) is 8.46. The summed E-state index contributed by atoms with van der Waals surface area (Å²) in [7, 11) is 0. The Kier molecular flexibility index (Phi) is 10.4. The monoisotopic (exact) mass is 544 g/mol. The summed E-state index contributed by atoms with van der Waals surface area (Å²) in [6.07, 6.45) is 7.63. The number of thiocarbonyl (C=S) groups is 1. The van der Waals surface area contributed by atoms with Crippen LogP contribution < -0.4 is 10.5 Å². The number of rotatable bonds is 11. The van der Waals surface area contributed by atoms with E-state index in [0.717, 1.165) is 50.2 Å². The highest BCUT2D eigenvalue weighted by Gasteiger charge is 2.33. The molecular formula is C27H36N4O4S2. The van der Waals surface area contributed by atoms with Gasteiger partial charge in [-0.1, -0.05) is 50.7 Å². The van der Waals surface area contributed by atoms with Crippen molar-refractivity contribution in [2.45, 2.75) is 78.7 Å². The number of unbranched alkanes of at least 4 members (excludes halogenated alkanes) is 3. The predicted molar refractivity (Wildman–Crippen MR) is 152 cm³/mol. The molecular weight excluding hydrogens is 508 g/mol. The molecule has 3 heterocycles. The highest BCUT2D eigenvalue weighted by Crippen LogP contribution is 2.37. The highest BCUT2D eigenvalue weighted by atomic mass is 32.2. The average Bonchev–Trinajstić information content (AvgIpc) is 3.12. The molecule has 2 aliphatic rings. The maximum atomic E-state index is 13.4. The standard InChI is InChI=1S/C27H36N4O4S2/c1-4-5-12-30-24(29-14-10-18(2)11-15-29)20(19(3)21(17-28)25(30)34)16-22-26(35)31(27(36)37-22)13-8-6-7-9-23(32)33/h16,18H,4-15H2,1-3H3,(H,32,33)/b22-16-. The number of carbonyl (C=O) groups excluding carboxylic acids is 1. The Morgan fingerprint density at radius 1 is 1.19 bits per heavy atom. The molecule has 1 amide bonds. The number of carboxylic acids is 1. The summed E-state index contributed by atoms with van der Waals surface area (Å²) in [6.45, 7) is 8.68. The third-order valence-electron chi connectivity index (χ3n) is 7.09. The van der Waals surface area contributed by atoms with Gasteiger partial charge in [-0.2, -0.15) is 5.26 Å². The van der Waals surface area contributed by atoms with Gasteiger partial charge in [0.2, 0.25) is 0 Å². The number of hydrogen-bond donors (Lipinski definition) is 1. The number of piperidine rings is 1. The Labute approximate surface area is 228 Å². The van der Waals surface area contributed by atoms with Crippen LogP contribution in [-0.2, 0) is 16.1 Å². The minimum atomic E-state index is -0.820. The summed E-state index contributed by atoms with van der Waals surface area (Å²) in [5, 5.41) is 18.7. The lowest BCUT2D eigenvalue weighted by atomic mass is 9.97. The van der Waals surface area contributed by atoms with E-state index in [4.69, 9.17) is 17.3 Å². The van der Waals surface area contributed by atoms with Gasteiger partial charge in [0.05, 0.1) is 4.91 Å². The third kappa shape index (κ3) is 6.82. The minimum absolute atomic E-state index is 0.116. The van der Waals surface area contributed by atoms with E-state index in [1.54, 1.807) is 16.4 Å². The average molecular weight is 545 g/mol. The number of nitriles is 1. The zero-order chi connectivity index (χ0) is 27.1. The summed E-state index contributed by atoms with van der Waals surface area (Å²) in [4.78, 5) is 41.7. The van der Waals surface area contributed by atoms with Crippen molar-refractivity contribution >= 4 is 52.1 Å². The largest absolute Gasteiger partial charge is 0.481 e. The molecule has 0 radical (unpaired) electrons. The lowest BCUT2D eigenvalue weighted by molar-refractivity contribution is -0.137. The molecule has 3 rings (SSSR count). The van der Waals surface area contributed by atoms with Crippen molar-refractivity contribution in [3.05, 3.63) is 31.9 Å². The molecule has 10 heteroatoms. The van der Waals surface area contributed by atoms with Gasteiger partial charge >= 0.3 is 5.97 Å². The molecule has 2 saturated heterocycles. The van der Waals surface area contributed by atoms with Gasteiger partial charge in [0.25, 0.3) is 11.5 Å². The van der Waals surface area contributed by atoms with Crippen LogP contribution in [0.15, 0.2) is 9.70 Å². The van der Waals surface area contributed by atoms with Crippen LogP contribution in [0.5, 0.6) is 0 Å². The summed E-state index contributed by atoms with van der Waals surface area (Å²) < 4.78 is 2.21. The smallest absolute Gasteiger partial charge is 0.303 e. The van der Waals surface area contributed by atoms with Crippen molar-refractivity contribution in [2.75, 3.05) is 24.5 Å². The van der Waals surface area contributed by atoms with E-state index in [1.165, 1.54) is 11.8 Å². The molecule has 8 nitrogen and oxygen atoms in total. The van der Waals surface area contributed by atoms with Gasteiger partial charge in [-0.15, -0.1) is 0 Å². The molecule has 0 spiro atoms. The molecule has 0 aliphatic carbocycles. The fourth-order valence-corrected chi connectivity index (χ4v) is 6.07.